The van der Waals surface area contributed by atoms with Crippen LogP contribution in [0.2, 0.25) is 0 Å². The van der Waals surface area contributed by atoms with Gasteiger partial charge in [-0.1, -0.05) is 18.7 Å². The summed E-state index contributed by atoms with van der Waals surface area (Å²) in [5.74, 6) is -0.368. The number of aliphatic hydroxyl groups excluding tert-OH is 1. The van der Waals surface area contributed by atoms with Crippen LogP contribution in [0.4, 0.5) is 0 Å². The number of hydrogen-bond acceptors (Lipinski definition) is 4. The van der Waals surface area contributed by atoms with Crippen molar-refractivity contribution in [2.75, 3.05) is 26.3 Å². The number of nitrogens with zero attached hydrogens (tertiary/aromatic N) is 1. The number of hydrogen-bond donors (Lipinski definition) is 1. The third-order valence-corrected chi connectivity index (χ3v) is 2.65. The van der Waals surface area contributed by atoms with Crippen molar-refractivity contribution in [3.05, 3.63) is 36.1 Å². The summed E-state index contributed by atoms with van der Waals surface area (Å²) in [6.45, 7) is 6.66. The summed E-state index contributed by atoms with van der Waals surface area (Å²) in [7, 11) is 0. The van der Waals surface area contributed by atoms with Gasteiger partial charge >= 0.3 is 5.97 Å². The molecule has 0 aromatic carbocycles. The second-order valence-corrected chi connectivity index (χ2v) is 4.24. The lowest BCUT2D eigenvalue weighted by atomic mass is 10.1. The Balaban J connectivity index is 2.43. The molecule has 100 valence electrons. The van der Waals surface area contributed by atoms with E-state index in [-0.39, 0.29) is 12.6 Å². The highest BCUT2D eigenvalue weighted by Crippen LogP contribution is 2.13. The molecule has 1 aliphatic carbocycles. The molecule has 1 N–H and O–H groups in total. The quantitative estimate of drug-likeness (QED) is 0.552. The number of carbonyl (C=O) groups is 1. The van der Waals surface area contributed by atoms with Gasteiger partial charge < -0.3 is 14.7 Å². The van der Waals surface area contributed by atoms with Crippen molar-refractivity contribution >= 4 is 5.97 Å². The van der Waals surface area contributed by atoms with E-state index in [1.165, 1.54) is 0 Å². The lowest BCUT2D eigenvalue weighted by Gasteiger charge is -2.26. The maximum absolute atomic E-state index is 11.2. The minimum atomic E-state index is -0.368. The number of rotatable bonds is 7. The minimum Gasteiger partial charge on any atom is -0.460 e. The molecule has 0 unspecified atom stereocenters. The Kier molecular flexibility index (Phi) is 6.22. The largest absolute Gasteiger partial charge is 0.460 e. The van der Waals surface area contributed by atoms with Gasteiger partial charge in [-0.2, -0.15) is 0 Å². The SMILES string of the molecule is C=C(C)C(=O)OCCN(CCO)C1=CCCC=C1. The van der Waals surface area contributed by atoms with Crippen LogP contribution < -0.4 is 0 Å². The summed E-state index contributed by atoms with van der Waals surface area (Å²) in [6.07, 6.45) is 8.36. The Morgan fingerprint density at radius 1 is 1.50 bits per heavy atom. The molecule has 0 aliphatic heterocycles. The van der Waals surface area contributed by atoms with Crippen molar-refractivity contribution in [1.82, 2.24) is 4.90 Å². The standard InChI is InChI=1S/C14H21NO3/c1-12(2)14(17)18-11-9-15(8-10-16)13-6-4-3-5-7-13/h4,6-7,16H,1,3,5,8-11H2,2H3. The predicted octanol–water partition coefficient (Wildman–Crippen LogP) is 1.63. The van der Waals surface area contributed by atoms with Gasteiger partial charge in [0.05, 0.1) is 13.2 Å². The van der Waals surface area contributed by atoms with Crippen molar-refractivity contribution in [2.45, 2.75) is 19.8 Å². The monoisotopic (exact) mass is 251 g/mol. The predicted molar refractivity (Wildman–Crippen MR) is 70.9 cm³/mol. The fourth-order valence-electron chi connectivity index (χ4n) is 1.70. The molecular weight excluding hydrogens is 230 g/mol. The molecular formula is C14H21NO3. The highest BCUT2D eigenvalue weighted by molar-refractivity contribution is 5.86. The number of allylic oxidation sites excluding steroid dienone is 3. The number of carbonyl (C=O) groups excluding carboxylic acids is 1. The summed E-state index contributed by atoms with van der Waals surface area (Å²) in [4.78, 5) is 13.3. The van der Waals surface area contributed by atoms with E-state index in [9.17, 15) is 4.79 Å². The van der Waals surface area contributed by atoms with Gasteiger partial charge in [0.2, 0.25) is 0 Å². The second-order valence-electron chi connectivity index (χ2n) is 4.24. The van der Waals surface area contributed by atoms with Crippen LogP contribution in [0.5, 0.6) is 0 Å². The maximum atomic E-state index is 11.2. The molecule has 0 spiro atoms. The van der Waals surface area contributed by atoms with E-state index in [0.717, 1.165) is 18.5 Å². The van der Waals surface area contributed by atoms with E-state index in [0.29, 0.717) is 25.3 Å². The van der Waals surface area contributed by atoms with Gasteiger partial charge in [-0.05, 0) is 25.8 Å². The van der Waals surface area contributed by atoms with Gasteiger partial charge in [-0.15, -0.1) is 0 Å². The van der Waals surface area contributed by atoms with E-state index in [2.05, 4.69) is 18.7 Å². The van der Waals surface area contributed by atoms with E-state index in [1.54, 1.807) is 6.92 Å². The zero-order valence-corrected chi connectivity index (χ0v) is 10.9. The number of aliphatic hydroxyl groups is 1. The molecule has 4 heteroatoms. The average Bonchev–Trinajstić information content (AvgIpc) is 2.38. The molecule has 0 amide bonds. The summed E-state index contributed by atoms with van der Waals surface area (Å²) < 4.78 is 5.06. The van der Waals surface area contributed by atoms with Crippen molar-refractivity contribution in [2.24, 2.45) is 0 Å². The molecule has 0 aromatic heterocycles. The summed E-state index contributed by atoms with van der Waals surface area (Å²) in [6, 6.07) is 0. The van der Waals surface area contributed by atoms with Gasteiger partial charge in [-0.25, -0.2) is 4.79 Å². The molecule has 18 heavy (non-hydrogen) atoms. The first-order valence-electron chi connectivity index (χ1n) is 6.20. The lowest BCUT2D eigenvalue weighted by Crippen LogP contribution is -2.30. The zero-order chi connectivity index (χ0) is 13.4. The normalized spacial score (nSPS) is 14.0. The first kappa shape index (κ1) is 14.5. The van der Waals surface area contributed by atoms with Gasteiger partial charge in [0.15, 0.2) is 0 Å². The van der Waals surface area contributed by atoms with Crippen LogP contribution >= 0.6 is 0 Å². The third-order valence-electron chi connectivity index (χ3n) is 2.65. The van der Waals surface area contributed by atoms with Crippen molar-refractivity contribution in [3.63, 3.8) is 0 Å². The Labute approximate surface area is 108 Å². The topological polar surface area (TPSA) is 49.8 Å². The molecule has 1 aliphatic rings. The van der Waals surface area contributed by atoms with E-state index in [4.69, 9.17) is 9.84 Å². The molecule has 0 saturated heterocycles. The second kappa shape index (κ2) is 7.71. The Morgan fingerprint density at radius 2 is 2.28 bits per heavy atom. The Morgan fingerprint density at radius 3 is 2.83 bits per heavy atom. The Hall–Kier alpha value is -1.55. The highest BCUT2D eigenvalue weighted by atomic mass is 16.5. The van der Waals surface area contributed by atoms with Gasteiger partial charge in [-0.3, -0.25) is 0 Å². The molecule has 0 atom stereocenters. The molecule has 0 heterocycles. The molecule has 0 radical (unpaired) electrons. The van der Waals surface area contributed by atoms with E-state index < -0.39 is 0 Å². The van der Waals surface area contributed by atoms with Crippen LogP contribution in [0.25, 0.3) is 0 Å². The zero-order valence-electron chi connectivity index (χ0n) is 10.9. The molecule has 4 nitrogen and oxygen atoms in total. The van der Waals surface area contributed by atoms with Crippen molar-refractivity contribution in [1.29, 1.82) is 0 Å². The molecule has 0 saturated carbocycles. The van der Waals surface area contributed by atoms with Gasteiger partial charge in [0.25, 0.3) is 0 Å². The molecule has 1 rings (SSSR count). The van der Waals surface area contributed by atoms with Crippen LogP contribution in [0.3, 0.4) is 0 Å². The van der Waals surface area contributed by atoms with Crippen LogP contribution in [-0.2, 0) is 9.53 Å². The first-order chi connectivity index (χ1) is 8.65. The first-order valence-corrected chi connectivity index (χ1v) is 6.20. The average molecular weight is 251 g/mol. The molecule has 0 aromatic rings. The van der Waals surface area contributed by atoms with Crippen LogP contribution in [0.1, 0.15) is 19.8 Å². The lowest BCUT2D eigenvalue weighted by molar-refractivity contribution is -0.139. The van der Waals surface area contributed by atoms with Crippen molar-refractivity contribution in [3.8, 4) is 0 Å². The van der Waals surface area contributed by atoms with Crippen LogP contribution in [-0.4, -0.2) is 42.3 Å². The summed E-state index contributed by atoms with van der Waals surface area (Å²) in [5.41, 5.74) is 1.49. The van der Waals surface area contributed by atoms with Crippen LogP contribution in [0, 0.1) is 0 Å². The van der Waals surface area contributed by atoms with Gasteiger partial charge in [0, 0.05) is 17.8 Å². The smallest absolute Gasteiger partial charge is 0.333 e. The molecule has 0 fully saturated rings. The number of ether oxygens (including phenoxy) is 1. The Bertz CT molecular complexity index is 358. The molecule has 0 bridgehead atoms. The van der Waals surface area contributed by atoms with E-state index >= 15 is 0 Å². The number of esters is 1. The maximum Gasteiger partial charge on any atom is 0.333 e. The summed E-state index contributed by atoms with van der Waals surface area (Å²) >= 11 is 0. The minimum absolute atomic E-state index is 0.0829. The van der Waals surface area contributed by atoms with E-state index in [1.807, 2.05) is 11.0 Å². The third kappa shape index (κ3) is 4.75. The highest BCUT2D eigenvalue weighted by Gasteiger charge is 2.10. The van der Waals surface area contributed by atoms with Gasteiger partial charge in [0.1, 0.15) is 6.61 Å². The van der Waals surface area contributed by atoms with Crippen LogP contribution in [0.15, 0.2) is 36.1 Å². The fourth-order valence-corrected chi connectivity index (χ4v) is 1.70. The summed E-state index contributed by atoms with van der Waals surface area (Å²) in [5, 5.41) is 9.05. The fraction of sp³-hybridized carbons (Fsp3) is 0.500. The van der Waals surface area contributed by atoms with Crippen molar-refractivity contribution < 1.29 is 14.6 Å².